The van der Waals surface area contributed by atoms with Gasteiger partial charge in [-0.3, -0.25) is 5.10 Å². The maximum absolute atomic E-state index is 5.49. The summed E-state index contributed by atoms with van der Waals surface area (Å²) in [6.45, 7) is 0.543. The van der Waals surface area contributed by atoms with Crippen molar-refractivity contribution in [3.8, 4) is 5.75 Å². The van der Waals surface area contributed by atoms with Crippen LogP contribution in [-0.4, -0.2) is 10.2 Å². The van der Waals surface area contributed by atoms with Gasteiger partial charge in [0.25, 0.3) is 0 Å². The van der Waals surface area contributed by atoms with Gasteiger partial charge in [0.1, 0.15) is 6.61 Å². The van der Waals surface area contributed by atoms with Crippen LogP contribution in [0.25, 0.3) is 0 Å². The molecule has 0 amide bonds. The van der Waals surface area contributed by atoms with E-state index in [4.69, 9.17) is 4.74 Å². The quantitative estimate of drug-likeness (QED) is 0.913. The summed E-state index contributed by atoms with van der Waals surface area (Å²) in [5.74, 6) is 0.751. The summed E-state index contributed by atoms with van der Waals surface area (Å²) >= 11 is 3.46. The number of aromatic amines is 1. The Balaban J connectivity index is 2.02. The second-order valence-corrected chi connectivity index (χ2v) is 3.67. The topological polar surface area (TPSA) is 37.9 Å². The van der Waals surface area contributed by atoms with Crippen LogP contribution in [0.3, 0.4) is 0 Å². The monoisotopic (exact) mass is 252 g/mol. The van der Waals surface area contributed by atoms with Gasteiger partial charge in [-0.2, -0.15) is 5.10 Å². The molecule has 14 heavy (non-hydrogen) atoms. The number of nitrogens with one attached hydrogen (secondary N) is 1. The molecule has 1 aromatic heterocycles. The van der Waals surface area contributed by atoms with E-state index in [0.29, 0.717) is 6.61 Å². The fourth-order valence-corrected chi connectivity index (χ4v) is 1.49. The van der Waals surface area contributed by atoms with Crippen molar-refractivity contribution in [2.24, 2.45) is 0 Å². The van der Waals surface area contributed by atoms with Crippen molar-refractivity contribution in [1.82, 2.24) is 10.2 Å². The molecule has 2 aromatic rings. The first kappa shape index (κ1) is 9.27. The van der Waals surface area contributed by atoms with E-state index in [-0.39, 0.29) is 0 Å². The molecule has 0 aliphatic rings. The lowest BCUT2D eigenvalue weighted by atomic mass is 10.2. The molecule has 0 saturated carbocycles. The van der Waals surface area contributed by atoms with Gasteiger partial charge in [-0.15, -0.1) is 0 Å². The molecule has 0 atom stereocenters. The number of aromatic nitrogens is 2. The Morgan fingerprint density at radius 3 is 2.93 bits per heavy atom. The van der Waals surface area contributed by atoms with Crippen LogP contribution in [0, 0.1) is 0 Å². The summed E-state index contributed by atoms with van der Waals surface area (Å²) in [6.07, 6.45) is 3.37. The standard InChI is InChI=1S/C10H9BrN2O/c11-10-4-2-1-3-8(10)7-14-9-5-12-13-6-9/h1-6H,7H2,(H,12,13). The summed E-state index contributed by atoms with van der Waals surface area (Å²) in [6, 6.07) is 7.97. The molecule has 72 valence electrons. The van der Waals surface area contributed by atoms with Crippen LogP contribution in [0.15, 0.2) is 41.1 Å². The van der Waals surface area contributed by atoms with E-state index in [9.17, 15) is 0 Å². The van der Waals surface area contributed by atoms with Crippen LogP contribution in [0.5, 0.6) is 5.75 Å². The smallest absolute Gasteiger partial charge is 0.157 e. The molecule has 0 aliphatic carbocycles. The average Bonchev–Trinajstić information content (AvgIpc) is 2.69. The lowest BCUT2D eigenvalue weighted by molar-refractivity contribution is 0.305. The lowest BCUT2D eigenvalue weighted by Gasteiger charge is -2.04. The van der Waals surface area contributed by atoms with E-state index < -0.39 is 0 Å². The highest BCUT2D eigenvalue weighted by Gasteiger charge is 1.99. The van der Waals surface area contributed by atoms with Gasteiger partial charge in [-0.25, -0.2) is 0 Å². The highest BCUT2D eigenvalue weighted by atomic mass is 79.9. The van der Waals surface area contributed by atoms with Crippen LogP contribution in [0.4, 0.5) is 0 Å². The zero-order valence-corrected chi connectivity index (χ0v) is 8.99. The molecule has 0 aliphatic heterocycles. The second-order valence-electron chi connectivity index (χ2n) is 2.81. The predicted molar refractivity (Wildman–Crippen MR) is 57.1 cm³/mol. The van der Waals surface area contributed by atoms with E-state index in [1.165, 1.54) is 0 Å². The van der Waals surface area contributed by atoms with Crippen molar-refractivity contribution < 1.29 is 4.74 Å². The Kier molecular flexibility index (Phi) is 2.84. The van der Waals surface area contributed by atoms with Crippen LogP contribution in [-0.2, 0) is 6.61 Å². The number of benzene rings is 1. The molecule has 1 heterocycles. The van der Waals surface area contributed by atoms with Gasteiger partial charge in [-0.05, 0) is 6.07 Å². The normalized spacial score (nSPS) is 10.1. The molecule has 1 aromatic carbocycles. The van der Waals surface area contributed by atoms with Gasteiger partial charge in [0, 0.05) is 10.0 Å². The van der Waals surface area contributed by atoms with Crippen molar-refractivity contribution in [1.29, 1.82) is 0 Å². The van der Waals surface area contributed by atoms with E-state index in [1.54, 1.807) is 12.4 Å². The second kappa shape index (κ2) is 4.28. The molecule has 2 rings (SSSR count). The molecular weight excluding hydrogens is 244 g/mol. The molecule has 0 radical (unpaired) electrons. The number of nitrogens with zero attached hydrogens (tertiary/aromatic N) is 1. The minimum atomic E-state index is 0.543. The summed E-state index contributed by atoms with van der Waals surface area (Å²) in [7, 11) is 0. The number of hydrogen-bond acceptors (Lipinski definition) is 2. The molecule has 4 heteroatoms. The van der Waals surface area contributed by atoms with Gasteiger partial charge in [-0.1, -0.05) is 34.1 Å². The minimum Gasteiger partial charge on any atom is -0.486 e. The maximum atomic E-state index is 5.49. The third-order valence-electron chi connectivity index (χ3n) is 1.83. The van der Waals surface area contributed by atoms with Gasteiger partial charge >= 0.3 is 0 Å². The molecular formula is C10H9BrN2O. The Labute approximate surface area is 90.2 Å². The summed E-state index contributed by atoms with van der Waals surface area (Å²) in [5.41, 5.74) is 1.12. The Hall–Kier alpha value is -1.29. The van der Waals surface area contributed by atoms with Crippen LogP contribution in [0.2, 0.25) is 0 Å². The third kappa shape index (κ3) is 2.14. The Bertz CT molecular complexity index is 400. The molecule has 3 nitrogen and oxygen atoms in total. The molecule has 0 fully saturated rings. The molecule has 0 spiro atoms. The van der Waals surface area contributed by atoms with Crippen molar-refractivity contribution in [2.45, 2.75) is 6.61 Å². The number of H-pyrrole nitrogens is 1. The van der Waals surface area contributed by atoms with Gasteiger partial charge < -0.3 is 4.74 Å². The maximum Gasteiger partial charge on any atom is 0.157 e. The van der Waals surface area contributed by atoms with Crippen molar-refractivity contribution >= 4 is 15.9 Å². The average molecular weight is 253 g/mol. The first-order chi connectivity index (χ1) is 6.86. The summed E-state index contributed by atoms with van der Waals surface area (Å²) < 4.78 is 6.55. The van der Waals surface area contributed by atoms with Crippen LogP contribution >= 0.6 is 15.9 Å². The van der Waals surface area contributed by atoms with Crippen LogP contribution in [0.1, 0.15) is 5.56 Å². The van der Waals surface area contributed by atoms with E-state index >= 15 is 0 Å². The van der Waals surface area contributed by atoms with E-state index in [1.807, 2.05) is 24.3 Å². The first-order valence-corrected chi connectivity index (χ1v) is 5.00. The van der Waals surface area contributed by atoms with E-state index in [2.05, 4.69) is 26.1 Å². The van der Waals surface area contributed by atoms with Crippen molar-refractivity contribution in [3.05, 3.63) is 46.7 Å². The fourth-order valence-electron chi connectivity index (χ4n) is 1.09. The van der Waals surface area contributed by atoms with Gasteiger partial charge in [0.15, 0.2) is 5.75 Å². The number of ether oxygens (including phenoxy) is 1. The fraction of sp³-hybridized carbons (Fsp3) is 0.100. The molecule has 0 bridgehead atoms. The first-order valence-electron chi connectivity index (χ1n) is 4.21. The van der Waals surface area contributed by atoms with Crippen molar-refractivity contribution in [3.63, 3.8) is 0 Å². The molecule has 0 saturated heterocycles. The largest absolute Gasteiger partial charge is 0.486 e. The SMILES string of the molecule is Brc1ccccc1COc1cn[nH]c1. The number of hydrogen-bond donors (Lipinski definition) is 1. The zero-order chi connectivity index (χ0) is 9.80. The summed E-state index contributed by atoms with van der Waals surface area (Å²) in [4.78, 5) is 0. The van der Waals surface area contributed by atoms with E-state index in [0.717, 1.165) is 15.8 Å². The van der Waals surface area contributed by atoms with Crippen molar-refractivity contribution in [2.75, 3.05) is 0 Å². The number of rotatable bonds is 3. The minimum absolute atomic E-state index is 0.543. The zero-order valence-electron chi connectivity index (χ0n) is 7.40. The third-order valence-corrected chi connectivity index (χ3v) is 2.60. The molecule has 0 unspecified atom stereocenters. The molecule has 1 N–H and O–H groups in total. The van der Waals surface area contributed by atoms with Gasteiger partial charge in [0.2, 0.25) is 0 Å². The Morgan fingerprint density at radius 1 is 1.36 bits per heavy atom. The highest BCUT2D eigenvalue weighted by Crippen LogP contribution is 2.17. The highest BCUT2D eigenvalue weighted by molar-refractivity contribution is 9.10. The lowest BCUT2D eigenvalue weighted by Crippen LogP contribution is -1.94. The number of halogens is 1. The Morgan fingerprint density at radius 2 is 2.21 bits per heavy atom. The summed E-state index contributed by atoms with van der Waals surface area (Å²) in [5, 5.41) is 6.49. The van der Waals surface area contributed by atoms with Crippen LogP contribution < -0.4 is 4.74 Å². The predicted octanol–water partition coefficient (Wildman–Crippen LogP) is 2.75. The van der Waals surface area contributed by atoms with Gasteiger partial charge in [0.05, 0.1) is 12.4 Å².